The standard InChI is InChI=1S/C19H20N2O3S/c22-18(13-21-19(23)14-7-3-4-10-17(14)25-21)20-11-5-1-2-8-15(20)16-9-6-12-24-16/h3-4,6-7,9-10,12,15H,1-2,5,8,11,13H2/t15-/m0/s1. The van der Waals surface area contributed by atoms with E-state index in [2.05, 4.69) is 0 Å². The topological polar surface area (TPSA) is 55.5 Å². The van der Waals surface area contributed by atoms with Crippen LogP contribution in [0.25, 0.3) is 10.1 Å². The second-order valence-electron chi connectivity index (χ2n) is 6.40. The van der Waals surface area contributed by atoms with Crippen LogP contribution < -0.4 is 5.56 Å². The van der Waals surface area contributed by atoms with Crippen LogP contribution in [0.15, 0.2) is 51.9 Å². The summed E-state index contributed by atoms with van der Waals surface area (Å²) >= 11 is 1.35. The minimum Gasteiger partial charge on any atom is -0.467 e. The van der Waals surface area contributed by atoms with Crippen molar-refractivity contribution < 1.29 is 9.21 Å². The summed E-state index contributed by atoms with van der Waals surface area (Å²) in [7, 11) is 0. The Morgan fingerprint density at radius 2 is 2.04 bits per heavy atom. The molecule has 0 radical (unpaired) electrons. The van der Waals surface area contributed by atoms with E-state index in [1.807, 2.05) is 41.3 Å². The number of carbonyl (C=O) groups is 1. The van der Waals surface area contributed by atoms with Gasteiger partial charge in [-0.25, -0.2) is 0 Å². The molecule has 0 saturated carbocycles. The van der Waals surface area contributed by atoms with Gasteiger partial charge in [0.1, 0.15) is 12.3 Å². The highest BCUT2D eigenvalue weighted by Gasteiger charge is 2.29. The SMILES string of the molecule is O=C(Cn1sc2ccccc2c1=O)N1CCCCC[C@H]1c1ccco1. The number of aromatic nitrogens is 1. The molecule has 3 aromatic rings. The number of amides is 1. The van der Waals surface area contributed by atoms with Crippen LogP contribution in [0, 0.1) is 0 Å². The Morgan fingerprint density at radius 3 is 2.84 bits per heavy atom. The molecule has 4 rings (SSSR count). The maximum Gasteiger partial charge on any atom is 0.268 e. The summed E-state index contributed by atoms with van der Waals surface area (Å²) in [5.41, 5.74) is -0.0849. The third-order valence-corrected chi connectivity index (χ3v) is 5.84. The van der Waals surface area contributed by atoms with E-state index >= 15 is 0 Å². The number of hydrogen-bond acceptors (Lipinski definition) is 4. The molecule has 1 aliphatic heterocycles. The lowest BCUT2D eigenvalue weighted by molar-refractivity contribution is -0.134. The van der Waals surface area contributed by atoms with Gasteiger partial charge in [-0.05, 0) is 37.1 Å². The summed E-state index contributed by atoms with van der Waals surface area (Å²) < 4.78 is 8.05. The van der Waals surface area contributed by atoms with E-state index < -0.39 is 0 Å². The second kappa shape index (κ2) is 6.88. The monoisotopic (exact) mass is 356 g/mol. The average molecular weight is 356 g/mol. The van der Waals surface area contributed by atoms with Crippen molar-refractivity contribution in [1.82, 2.24) is 8.86 Å². The summed E-state index contributed by atoms with van der Waals surface area (Å²) in [6.45, 7) is 0.805. The Kier molecular flexibility index (Phi) is 4.44. The smallest absolute Gasteiger partial charge is 0.268 e. The Bertz CT molecular complexity index is 926. The number of carbonyl (C=O) groups excluding carboxylic acids is 1. The van der Waals surface area contributed by atoms with Gasteiger partial charge >= 0.3 is 0 Å². The fourth-order valence-electron chi connectivity index (χ4n) is 3.52. The van der Waals surface area contributed by atoms with Gasteiger partial charge in [-0.3, -0.25) is 13.5 Å². The molecule has 25 heavy (non-hydrogen) atoms. The molecule has 130 valence electrons. The molecule has 0 bridgehead atoms. The molecule has 0 spiro atoms. The molecule has 1 saturated heterocycles. The lowest BCUT2D eigenvalue weighted by Gasteiger charge is -2.28. The molecule has 2 aromatic heterocycles. The molecular formula is C19H20N2O3S. The van der Waals surface area contributed by atoms with Crippen molar-refractivity contribution in [2.75, 3.05) is 6.54 Å². The number of rotatable bonds is 3. The van der Waals surface area contributed by atoms with E-state index in [1.165, 1.54) is 11.5 Å². The van der Waals surface area contributed by atoms with Gasteiger partial charge in [0.25, 0.3) is 5.56 Å². The average Bonchev–Trinajstić information content (AvgIpc) is 3.18. The van der Waals surface area contributed by atoms with Crippen LogP contribution in [0.2, 0.25) is 0 Å². The number of nitrogens with zero attached hydrogens (tertiary/aromatic N) is 2. The first-order valence-corrected chi connectivity index (χ1v) is 9.43. The fraction of sp³-hybridized carbons (Fsp3) is 0.368. The Hall–Kier alpha value is -2.34. The molecule has 1 aliphatic rings. The first-order chi connectivity index (χ1) is 12.2. The molecule has 1 atom stereocenters. The van der Waals surface area contributed by atoms with Crippen molar-refractivity contribution in [2.45, 2.75) is 38.3 Å². The normalized spacial score (nSPS) is 18.4. The van der Waals surface area contributed by atoms with E-state index in [0.29, 0.717) is 11.9 Å². The predicted molar refractivity (Wildman–Crippen MR) is 97.7 cm³/mol. The molecule has 5 nitrogen and oxygen atoms in total. The van der Waals surface area contributed by atoms with Crippen LogP contribution in [-0.4, -0.2) is 21.3 Å². The van der Waals surface area contributed by atoms with Gasteiger partial charge in [0.05, 0.1) is 22.4 Å². The van der Waals surface area contributed by atoms with E-state index in [0.717, 1.165) is 36.1 Å². The predicted octanol–water partition coefficient (Wildman–Crippen LogP) is 3.80. The Balaban J connectivity index is 1.61. The molecule has 1 amide bonds. The third kappa shape index (κ3) is 3.14. The van der Waals surface area contributed by atoms with Gasteiger partial charge < -0.3 is 9.32 Å². The van der Waals surface area contributed by atoms with Crippen LogP contribution in [0.5, 0.6) is 0 Å². The van der Waals surface area contributed by atoms with Crippen molar-refractivity contribution in [1.29, 1.82) is 0 Å². The first kappa shape index (κ1) is 16.1. The summed E-state index contributed by atoms with van der Waals surface area (Å²) in [5, 5.41) is 0.679. The van der Waals surface area contributed by atoms with Crippen LogP contribution in [-0.2, 0) is 11.3 Å². The Labute approximate surface area is 149 Å². The summed E-state index contributed by atoms with van der Waals surface area (Å²) in [6, 6.07) is 11.2. The van der Waals surface area contributed by atoms with Gasteiger partial charge in [-0.2, -0.15) is 0 Å². The van der Waals surface area contributed by atoms with E-state index in [9.17, 15) is 9.59 Å². The minimum atomic E-state index is -0.0849. The maximum absolute atomic E-state index is 13.0. The van der Waals surface area contributed by atoms with E-state index in [4.69, 9.17) is 4.42 Å². The van der Waals surface area contributed by atoms with Crippen LogP contribution >= 0.6 is 11.5 Å². The summed E-state index contributed by atoms with van der Waals surface area (Å²) in [6.07, 6.45) is 5.74. The van der Waals surface area contributed by atoms with Crippen molar-refractivity contribution >= 4 is 27.5 Å². The molecule has 6 heteroatoms. The van der Waals surface area contributed by atoms with Gasteiger partial charge in [-0.15, -0.1) is 0 Å². The van der Waals surface area contributed by atoms with Crippen LogP contribution in [0.4, 0.5) is 0 Å². The number of likely N-dealkylation sites (tertiary alicyclic amines) is 1. The van der Waals surface area contributed by atoms with Gasteiger partial charge in [0.2, 0.25) is 5.91 Å². The quantitative estimate of drug-likeness (QED) is 0.717. The molecule has 1 aromatic carbocycles. The largest absolute Gasteiger partial charge is 0.467 e. The zero-order valence-electron chi connectivity index (χ0n) is 13.9. The van der Waals surface area contributed by atoms with Gasteiger partial charge in [-0.1, -0.05) is 36.5 Å². The number of fused-ring (bicyclic) bond motifs is 1. The maximum atomic E-state index is 13.0. The summed E-state index contributed by atoms with van der Waals surface area (Å²) in [5.74, 6) is 0.816. The highest BCUT2D eigenvalue weighted by Crippen LogP contribution is 2.30. The van der Waals surface area contributed by atoms with Crippen molar-refractivity contribution in [2.24, 2.45) is 0 Å². The molecular weight excluding hydrogens is 336 g/mol. The Morgan fingerprint density at radius 1 is 1.16 bits per heavy atom. The van der Waals surface area contributed by atoms with E-state index in [1.54, 1.807) is 10.2 Å². The van der Waals surface area contributed by atoms with Crippen molar-refractivity contribution in [3.63, 3.8) is 0 Å². The van der Waals surface area contributed by atoms with E-state index in [-0.39, 0.29) is 24.1 Å². The van der Waals surface area contributed by atoms with Gasteiger partial charge in [0, 0.05) is 6.54 Å². The van der Waals surface area contributed by atoms with Gasteiger partial charge in [0.15, 0.2) is 0 Å². The lowest BCUT2D eigenvalue weighted by Crippen LogP contribution is -2.38. The third-order valence-electron chi connectivity index (χ3n) is 4.78. The fourth-order valence-corrected chi connectivity index (χ4v) is 4.51. The lowest BCUT2D eigenvalue weighted by atomic mass is 10.1. The van der Waals surface area contributed by atoms with Crippen LogP contribution in [0.3, 0.4) is 0 Å². The molecule has 1 fully saturated rings. The zero-order chi connectivity index (χ0) is 17.2. The number of furan rings is 1. The molecule has 0 N–H and O–H groups in total. The number of benzene rings is 1. The minimum absolute atomic E-state index is 0.0167. The highest BCUT2D eigenvalue weighted by atomic mass is 32.1. The number of hydrogen-bond donors (Lipinski definition) is 0. The second-order valence-corrected chi connectivity index (χ2v) is 7.46. The summed E-state index contributed by atoms with van der Waals surface area (Å²) in [4.78, 5) is 27.4. The highest BCUT2D eigenvalue weighted by molar-refractivity contribution is 7.13. The van der Waals surface area contributed by atoms with Crippen LogP contribution in [0.1, 0.15) is 37.5 Å². The molecule has 3 heterocycles. The van der Waals surface area contributed by atoms with Crippen molar-refractivity contribution in [3.05, 3.63) is 58.8 Å². The zero-order valence-corrected chi connectivity index (χ0v) is 14.7. The molecule has 0 unspecified atom stereocenters. The first-order valence-electron chi connectivity index (χ1n) is 8.66. The van der Waals surface area contributed by atoms with Crippen molar-refractivity contribution in [3.8, 4) is 0 Å². The molecule has 0 aliphatic carbocycles.